The molecule has 0 aliphatic rings. The molecule has 6 heteroatoms. The van der Waals surface area contributed by atoms with Gasteiger partial charge in [-0.1, -0.05) is 315 Å². The summed E-state index contributed by atoms with van der Waals surface area (Å²) in [5.74, 6) is 0. The van der Waals surface area contributed by atoms with E-state index in [9.17, 15) is 15.5 Å². The standard InChI is InChI=1S/C46H28O.C28H17Br.C18H13BO3/c1-2-13-32-31(12-1)28-42(35-15-4-3-14-34(32)35)45-39-19-7-5-17-37(39)44(38-18-6-8-20-40(38)45)30-26-24-29(25-27-30)33-21-11-22-41-36-16-9-10-23-43(36)47-46(33)41;29-28-24-15-7-5-13-22(24)27(23-14-6-8-16-25(23)28)26-17-18-9-1-2-10-19(18)20-11-3-4-12-21(20)26;20-19(21)13-10-8-12(9-11-13)14-5-3-6-16-15-4-1-2-7-17(15)22-18(14)16/h1-28H;1-17H;1-11,20-21H/i5D,6D,7D,8D,17D,18D,19D,20D;5D,6D,7D,8D,13D,14D,15D,16D;. The Morgan fingerprint density at radius 2 is 0.582 bits per heavy atom. The summed E-state index contributed by atoms with van der Waals surface area (Å²) in [4.78, 5) is 0. The van der Waals surface area contributed by atoms with E-state index in [1.54, 1.807) is 12.1 Å². The lowest BCUT2D eigenvalue weighted by atomic mass is 9.80. The summed E-state index contributed by atoms with van der Waals surface area (Å²) in [7, 11) is -1.45. The van der Waals surface area contributed by atoms with E-state index >= 15 is 0 Å². The molecule has 0 fully saturated rings. The summed E-state index contributed by atoms with van der Waals surface area (Å²) in [6.07, 6.45) is 0. The van der Waals surface area contributed by atoms with Gasteiger partial charge < -0.3 is 18.9 Å². The van der Waals surface area contributed by atoms with Crippen molar-refractivity contribution in [1.29, 1.82) is 0 Å². The molecule has 0 aliphatic carbocycles. The maximum Gasteiger partial charge on any atom is 0.488 e. The van der Waals surface area contributed by atoms with Crippen LogP contribution in [-0.2, 0) is 0 Å². The van der Waals surface area contributed by atoms with Gasteiger partial charge in [0, 0.05) is 37.1 Å². The Labute approximate surface area is 595 Å². The van der Waals surface area contributed by atoms with Crippen LogP contribution in [0.25, 0.3) is 186 Å². The van der Waals surface area contributed by atoms with Crippen molar-refractivity contribution in [1.82, 2.24) is 0 Å². The van der Waals surface area contributed by atoms with E-state index in [4.69, 9.17) is 25.3 Å². The van der Waals surface area contributed by atoms with Crippen LogP contribution in [0, 0.1) is 0 Å². The van der Waals surface area contributed by atoms with E-state index in [1.165, 1.54) is 0 Å². The van der Waals surface area contributed by atoms with Gasteiger partial charge in [-0.3, -0.25) is 0 Å². The minimum absolute atomic E-state index is 0.177. The third-order valence-electron chi connectivity index (χ3n) is 18.6. The van der Waals surface area contributed by atoms with Crippen LogP contribution in [0.1, 0.15) is 21.9 Å². The molecule has 18 aromatic carbocycles. The summed E-state index contributed by atoms with van der Waals surface area (Å²) in [6, 6.07) is 72.1. The van der Waals surface area contributed by atoms with E-state index in [-0.39, 0.29) is 95.9 Å². The van der Waals surface area contributed by atoms with Gasteiger partial charge in [0.2, 0.25) is 0 Å². The predicted octanol–water partition coefficient (Wildman–Crippen LogP) is 24.9. The molecule has 0 saturated heterocycles. The number of benzene rings is 18. The Morgan fingerprint density at radius 1 is 0.265 bits per heavy atom. The molecule has 0 unspecified atom stereocenters. The molecule has 0 amide bonds. The minimum Gasteiger partial charge on any atom is -0.455 e. The average Bonchev–Trinajstić information content (AvgIpc) is 0.924. The molecular formula is C92H58BBrO4. The van der Waals surface area contributed by atoms with Gasteiger partial charge in [0.05, 0.1) is 21.9 Å². The summed E-state index contributed by atoms with van der Waals surface area (Å²) in [5.41, 5.74) is 10.2. The molecule has 0 saturated carbocycles. The van der Waals surface area contributed by atoms with Crippen molar-refractivity contribution in [2.75, 3.05) is 0 Å². The summed E-state index contributed by atoms with van der Waals surface area (Å²) in [6.45, 7) is 0. The first kappa shape index (κ1) is 44.0. The van der Waals surface area contributed by atoms with Crippen molar-refractivity contribution < 1.29 is 40.8 Å². The predicted molar refractivity (Wildman–Crippen MR) is 419 cm³/mol. The quantitative estimate of drug-likeness (QED) is 0.0989. The highest BCUT2D eigenvalue weighted by molar-refractivity contribution is 9.10. The third kappa shape index (κ3) is 9.91. The van der Waals surface area contributed by atoms with Crippen molar-refractivity contribution in [2.45, 2.75) is 0 Å². The van der Waals surface area contributed by atoms with Crippen LogP contribution in [0.2, 0.25) is 0 Å². The maximum absolute atomic E-state index is 9.42. The zero-order chi connectivity index (χ0) is 79.3. The number of halogens is 1. The first-order chi connectivity index (χ1) is 55.0. The summed E-state index contributed by atoms with van der Waals surface area (Å²) < 4.78 is 154. The highest BCUT2D eigenvalue weighted by Crippen LogP contribution is 2.49. The number of hydrogen-bond donors (Lipinski definition) is 2. The zero-order valence-corrected chi connectivity index (χ0v) is 53.3. The Kier molecular flexibility index (Phi) is 10.9. The molecule has 0 radical (unpaired) electrons. The monoisotopic (exact) mass is 1330 g/mol. The number of fused-ring (bicyclic) bond motifs is 16. The molecule has 2 aromatic heterocycles. The van der Waals surface area contributed by atoms with E-state index in [0.717, 1.165) is 109 Å². The molecule has 0 spiro atoms. The summed E-state index contributed by atoms with van der Waals surface area (Å²) in [5, 5.41) is 31.3. The van der Waals surface area contributed by atoms with E-state index in [1.807, 2.05) is 218 Å². The SMILES string of the molecule is OB(O)c1ccc(-c2cccc3c2oc2ccccc23)cc1.[2H]c1c([2H])c([2H])c2c(-c3cc4ccccc4c4ccccc34)c3c([2H])c([2H])c([2H])c([2H])c3c(-c3ccc(-c4cccc5c4oc4ccccc45)cc3)c2c1[2H].[2H]c1c([2H])c([2H])c2c(-c3cc4ccccc4c4ccccc34)c3c([2H])c([2H])c([2H])c([2H])c3c(Br)c2c1[2H]. The second kappa shape index (κ2) is 24.4. The molecule has 20 aromatic rings. The highest BCUT2D eigenvalue weighted by atomic mass is 79.9. The fourth-order valence-corrected chi connectivity index (χ4v) is 14.7. The molecule has 2 N–H and O–H groups in total. The van der Waals surface area contributed by atoms with Crippen LogP contribution in [0.4, 0.5) is 0 Å². The number of furan rings is 2. The Hall–Kier alpha value is -11.9. The fourth-order valence-electron chi connectivity index (χ4n) is 14.2. The van der Waals surface area contributed by atoms with Gasteiger partial charge in [-0.15, -0.1) is 0 Å². The summed E-state index contributed by atoms with van der Waals surface area (Å²) >= 11 is 3.47. The van der Waals surface area contributed by atoms with E-state index in [0.29, 0.717) is 38.8 Å². The van der Waals surface area contributed by atoms with Gasteiger partial charge in [-0.25, -0.2) is 0 Å². The Balaban J connectivity index is 0.000000131. The third-order valence-corrected chi connectivity index (χ3v) is 19.4. The van der Waals surface area contributed by atoms with Gasteiger partial charge >= 0.3 is 7.12 Å². The van der Waals surface area contributed by atoms with Gasteiger partial charge in [0.15, 0.2) is 0 Å². The highest BCUT2D eigenvalue weighted by Gasteiger charge is 2.22. The smallest absolute Gasteiger partial charge is 0.455 e. The van der Waals surface area contributed by atoms with Crippen molar-refractivity contribution in [3.63, 3.8) is 0 Å². The molecule has 0 atom stereocenters. The number of rotatable bonds is 6. The number of hydrogen-bond acceptors (Lipinski definition) is 4. The fraction of sp³-hybridized carbons (Fsp3) is 0. The van der Waals surface area contributed by atoms with E-state index < -0.39 is 55.5 Å². The zero-order valence-electron chi connectivity index (χ0n) is 67.8. The van der Waals surface area contributed by atoms with Crippen LogP contribution in [0.15, 0.2) is 353 Å². The van der Waals surface area contributed by atoms with E-state index in [2.05, 4.69) is 28.1 Å². The van der Waals surface area contributed by atoms with Crippen LogP contribution >= 0.6 is 15.9 Å². The van der Waals surface area contributed by atoms with Crippen molar-refractivity contribution in [2.24, 2.45) is 0 Å². The Bertz CT molecular complexity index is 7400. The minimum atomic E-state index is -1.45. The molecule has 0 aliphatic heterocycles. The van der Waals surface area contributed by atoms with Crippen molar-refractivity contribution in [3.05, 3.63) is 344 Å². The molecule has 0 bridgehead atoms. The van der Waals surface area contributed by atoms with Gasteiger partial charge in [0.25, 0.3) is 0 Å². The van der Waals surface area contributed by atoms with Crippen molar-refractivity contribution in [3.8, 4) is 55.6 Å². The molecular weight excluding hydrogens is 1260 g/mol. The molecule has 98 heavy (non-hydrogen) atoms. The van der Waals surface area contributed by atoms with Gasteiger partial charge in [0.1, 0.15) is 22.3 Å². The average molecular weight is 1330 g/mol. The lowest BCUT2D eigenvalue weighted by Gasteiger charge is -2.19. The largest absolute Gasteiger partial charge is 0.488 e. The normalized spacial score (nSPS) is 13.9. The van der Waals surface area contributed by atoms with Gasteiger partial charge in [-0.05, 0) is 176 Å². The maximum atomic E-state index is 9.42. The molecule has 460 valence electrons. The second-order valence-electron chi connectivity index (χ2n) is 24.0. The van der Waals surface area contributed by atoms with Crippen LogP contribution in [0.5, 0.6) is 0 Å². The van der Waals surface area contributed by atoms with Crippen molar-refractivity contribution >= 4 is 159 Å². The first-order valence-corrected chi connectivity index (χ1v) is 32.6. The lowest BCUT2D eigenvalue weighted by molar-refractivity contribution is 0.426. The topological polar surface area (TPSA) is 66.7 Å². The number of para-hydroxylation sites is 4. The molecule has 20 rings (SSSR count). The van der Waals surface area contributed by atoms with Crippen LogP contribution < -0.4 is 5.46 Å². The second-order valence-corrected chi connectivity index (χ2v) is 24.7. The molecule has 4 nitrogen and oxygen atoms in total. The van der Waals surface area contributed by atoms with Gasteiger partial charge in [-0.2, -0.15) is 0 Å². The first-order valence-electron chi connectivity index (χ1n) is 39.8. The molecule has 2 heterocycles. The van der Waals surface area contributed by atoms with Crippen LogP contribution in [-0.4, -0.2) is 17.2 Å². The van der Waals surface area contributed by atoms with Crippen LogP contribution in [0.3, 0.4) is 0 Å². The Morgan fingerprint density at radius 3 is 1.00 bits per heavy atom. The lowest BCUT2D eigenvalue weighted by Crippen LogP contribution is -2.29.